The third kappa shape index (κ3) is 2.47. The molecule has 2 aromatic rings. The summed E-state index contributed by atoms with van der Waals surface area (Å²) < 4.78 is 2.88. The van der Waals surface area contributed by atoms with Crippen LogP contribution in [0.3, 0.4) is 0 Å². The second-order valence-corrected chi connectivity index (χ2v) is 5.64. The van der Waals surface area contributed by atoms with Gasteiger partial charge in [0.2, 0.25) is 0 Å². The van der Waals surface area contributed by atoms with E-state index < -0.39 is 0 Å². The van der Waals surface area contributed by atoms with E-state index in [1.807, 2.05) is 0 Å². The third-order valence-corrected chi connectivity index (χ3v) is 4.06. The molecule has 0 nitrogen and oxygen atoms in total. The average Bonchev–Trinajstić information content (AvgIpc) is 2.19. The van der Waals surface area contributed by atoms with Gasteiger partial charge in [-0.25, -0.2) is 0 Å². The normalized spacial score (nSPS) is 10.1. The molecule has 0 spiro atoms. The van der Waals surface area contributed by atoms with Crippen LogP contribution in [0.5, 0.6) is 0 Å². The van der Waals surface area contributed by atoms with Gasteiger partial charge in [-0.3, -0.25) is 0 Å². The van der Waals surface area contributed by atoms with Crippen LogP contribution >= 0.6 is 0 Å². The molecule has 0 amide bonds. The second-order valence-electron chi connectivity index (χ2n) is 3.23. The molecule has 0 aliphatic carbocycles. The van der Waals surface area contributed by atoms with Crippen molar-refractivity contribution in [1.82, 2.24) is 0 Å². The van der Waals surface area contributed by atoms with Crippen LogP contribution in [0, 0.1) is 6.92 Å². The van der Waals surface area contributed by atoms with Crippen LogP contribution in [0.2, 0.25) is 0 Å². The summed E-state index contributed by atoms with van der Waals surface area (Å²) in [7, 11) is 0. The molecule has 14 heavy (non-hydrogen) atoms. The molecule has 0 fully saturated rings. The summed E-state index contributed by atoms with van der Waals surface area (Å²) in [6.45, 7) is 2.14. The van der Waals surface area contributed by atoms with E-state index in [0.29, 0.717) is 15.0 Å². The van der Waals surface area contributed by atoms with Gasteiger partial charge in [-0.2, -0.15) is 0 Å². The number of hydrogen-bond acceptors (Lipinski definition) is 0. The van der Waals surface area contributed by atoms with Gasteiger partial charge in [0.05, 0.1) is 0 Å². The fourth-order valence-corrected chi connectivity index (χ4v) is 3.31. The molecule has 0 heterocycles. The van der Waals surface area contributed by atoms with Crippen molar-refractivity contribution < 1.29 is 0 Å². The van der Waals surface area contributed by atoms with Crippen molar-refractivity contribution in [3.63, 3.8) is 0 Å². The Hall–Kier alpha value is -1.04. The standard InChI is InChI=1S/C13H12Se/c1-11-6-5-9-13(10-11)14-12-7-3-2-4-8-12/h2-10H,1H3. The maximum atomic E-state index is 2.27. The Kier molecular flexibility index (Phi) is 3.03. The molecule has 70 valence electrons. The van der Waals surface area contributed by atoms with Gasteiger partial charge in [-0.1, -0.05) is 0 Å². The van der Waals surface area contributed by atoms with E-state index in [0.717, 1.165) is 0 Å². The minimum absolute atomic E-state index is 0.452. The molecule has 0 N–H and O–H groups in total. The van der Waals surface area contributed by atoms with Crippen LogP contribution in [0.4, 0.5) is 0 Å². The van der Waals surface area contributed by atoms with Gasteiger partial charge in [0.1, 0.15) is 0 Å². The summed E-state index contributed by atoms with van der Waals surface area (Å²) in [4.78, 5) is 0. The zero-order valence-corrected chi connectivity index (χ0v) is 9.82. The molecule has 0 atom stereocenters. The van der Waals surface area contributed by atoms with Gasteiger partial charge in [-0.15, -0.1) is 0 Å². The minimum atomic E-state index is 0.452. The zero-order valence-electron chi connectivity index (χ0n) is 8.10. The maximum absolute atomic E-state index is 2.27. The van der Waals surface area contributed by atoms with Gasteiger partial charge in [0.25, 0.3) is 0 Å². The van der Waals surface area contributed by atoms with E-state index in [4.69, 9.17) is 0 Å². The number of hydrogen-bond donors (Lipinski definition) is 0. The number of benzene rings is 2. The van der Waals surface area contributed by atoms with Crippen LogP contribution in [-0.2, 0) is 0 Å². The summed E-state index contributed by atoms with van der Waals surface area (Å²) >= 11 is 0.452. The van der Waals surface area contributed by atoms with Gasteiger partial charge in [0, 0.05) is 0 Å². The Labute approximate surface area is 91.1 Å². The van der Waals surface area contributed by atoms with Crippen molar-refractivity contribution in [3.05, 3.63) is 60.2 Å². The molecule has 0 unspecified atom stereocenters. The summed E-state index contributed by atoms with van der Waals surface area (Å²) in [6, 6.07) is 19.4. The average molecular weight is 247 g/mol. The molecule has 1 heteroatoms. The molecule has 0 aliphatic rings. The SMILES string of the molecule is Cc1cccc([Se]c2ccccc2)c1. The first kappa shape index (κ1) is 9.51. The van der Waals surface area contributed by atoms with E-state index >= 15 is 0 Å². The van der Waals surface area contributed by atoms with E-state index in [1.54, 1.807) is 0 Å². The predicted octanol–water partition coefficient (Wildman–Crippen LogP) is 1.65. The first-order valence-electron chi connectivity index (χ1n) is 4.64. The van der Waals surface area contributed by atoms with Crippen molar-refractivity contribution in [1.29, 1.82) is 0 Å². The number of aryl methyl sites for hydroxylation is 1. The van der Waals surface area contributed by atoms with Crippen molar-refractivity contribution in [3.8, 4) is 0 Å². The van der Waals surface area contributed by atoms with Crippen molar-refractivity contribution in [2.45, 2.75) is 6.92 Å². The molecular weight excluding hydrogens is 235 g/mol. The fraction of sp³-hybridized carbons (Fsp3) is 0.0769. The molecule has 0 aromatic heterocycles. The van der Waals surface area contributed by atoms with Crippen LogP contribution < -0.4 is 8.92 Å². The van der Waals surface area contributed by atoms with Crippen molar-refractivity contribution >= 4 is 23.9 Å². The van der Waals surface area contributed by atoms with Gasteiger partial charge < -0.3 is 0 Å². The Morgan fingerprint density at radius 1 is 0.786 bits per heavy atom. The Bertz CT molecular complexity index is 407. The molecule has 0 saturated carbocycles. The van der Waals surface area contributed by atoms with E-state index in [2.05, 4.69) is 61.5 Å². The first-order valence-corrected chi connectivity index (χ1v) is 6.35. The Morgan fingerprint density at radius 2 is 1.50 bits per heavy atom. The van der Waals surface area contributed by atoms with Crippen LogP contribution in [0.25, 0.3) is 0 Å². The number of rotatable bonds is 2. The van der Waals surface area contributed by atoms with E-state index in [1.165, 1.54) is 14.5 Å². The molecule has 0 radical (unpaired) electrons. The summed E-state index contributed by atoms with van der Waals surface area (Å²) in [5.41, 5.74) is 1.35. The van der Waals surface area contributed by atoms with Crippen LogP contribution in [0.15, 0.2) is 54.6 Å². The predicted molar refractivity (Wildman–Crippen MR) is 62.6 cm³/mol. The van der Waals surface area contributed by atoms with Crippen molar-refractivity contribution in [2.75, 3.05) is 0 Å². The van der Waals surface area contributed by atoms with Crippen molar-refractivity contribution in [2.24, 2.45) is 0 Å². The third-order valence-electron chi connectivity index (χ3n) is 1.97. The summed E-state index contributed by atoms with van der Waals surface area (Å²) in [6.07, 6.45) is 0. The van der Waals surface area contributed by atoms with Gasteiger partial charge in [-0.05, 0) is 0 Å². The van der Waals surface area contributed by atoms with Crippen LogP contribution in [-0.4, -0.2) is 15.0 Å². The quantitative estimate of drug-likeness (QED) is 0.708. The molecule has 0 bridgehead atoms. The molecule has 0 aliphatic heterocycles. The van der Waals surface area contributed by atoms with Gasteiger partial charge in [0.15, 0.2) is 0 Å². The molecule has 2 rings (SSSR count). The topological polar surface area (TPSA) is 0 Å². The Morgan fingerprint density at radius 3 is 2.21 bits per heavy atom. The summed E-state index contributed by atoms with van der Waals surface area (Å²) in [5.74, 6) is 0. The Balaban J connectivity index is 2.19. The van der Waals surface area contributed by atoms with Gasteiger partial charge >= 0.3 is 91.0 Å². The monoisotopic (exact) mass is 248 g/mol. The first-order chi connectivity index (χ1) is 6.84. The van der Waals surface area contributed by atoms with E-state index in [-0.39, 0.29) is 0 Å². The molecule has 2 aromatic carbocycles. The molecular formula is C13H12Se. The second kappa shape index (κ2) is 4.45. The summed E-state index contributed by atoms with van der Waals surface area (Å²) in [5, 5.41) is 0. The molecule has 0 saturated heterocycles. The zero-order chi connectivity index (χ0) is 9.80. The fourth-order valence-electron chi connectivity index (χ4n) is 1.30. The van der Waals surface area contributed by atoms with E-state index in [9.17, 15) is 0 Å². The van der Waals surface area contributed by atoms with Crippen LogP contribution in [0.1, 0.15) is 5.56 Å².